The number of rotatable bonds is 4. The van der Waals surface area contributed by atoms with Crippen LogP contribution in [0.5, 0.6) is 0 Å². The highest BCUT2D eigenvalue weighted by atomic mass is 15.3. The number of hydrogen-bond acceptors (Lipinski definition) is 6. The SMILES string of the molecule is Cc1cccnc1CN1CCN(c2ccc(N(C)C)nn2)CC1. The third-order valence-corrected chi connectivity index (χ3v) is 4.28. The zero-order valence-electron chi connectivity index (χ0n) is 14.1. The van der Waals surface area contributed by atoms with Crippen LogP contribution < -0.4 is 9.80 Å². The molecule has 0 unspecified atom stereocenters. The first-order chi connectivity index (χ1) is 11.1. The van der Waals surface area contributed by atoms with E-state index in [4.69, 9.17) is 0 Å². The van der Waals surface area contributed by atoms with Crippen LogP contribution in [0.3, 0.4) is 0 Å². The van der Waals surface area contributed by atoms with Crippen LogP contribution in [0.4, 0.5) is 11.6 Å². The molecule has 1 aliphatic heterocycles. The van der Waals surface area contributed by atoms with Crippen LogP contribution in [-0.4, -0.2) is 60.4 Å². The number of aryl methyl sites for hydroxylation is 1. The second kappa shape index (κ2) is 6.91. The number of nitrogens with zero attached hydrogens (tertiary/aromatic N) is 6. The second-order valence-electron chi connectivity index (χ2n) is 6.17. The van der Waals surface area contributed by atoms with Crippen molar-refractivity contribution in [1.82, 2.24) is 20.1 Å². The van der Waals surface area contributed by atoms with Gasteiger partial charge in [-0.25, -0.2) is 0 Å². The van der Waals surface area contributed by atoms with Gasteiger partial charge in [0.1, 0.15) is 0 Å². The summed E-state index contributed by atoms with van der Waals surface area (Å²) in [6.07, 6.45) is 1.88. The van der Waals surface area contributed by atoms with Gasteiger partial charge in [-0.1, -0.05) is 6.07 Å². The zero-order valence-corrected chi connectivity index (χ0v) is 14.1. The minimum Gasteiger partial charge on any atom is -0.361 e. The molecule has 0 amide bonds. The van der Waals surface area contributed by atoms with E-state index in [0.717, 1.165) is 44.4 Å². The molecule has 6 nitrogen and oxygen atoms in total. The average molecular weight is 312 g/mol. The summed E-state index contributed by atoms with van der Waals surface area (Å²) in [6, 6.07) is 8.19. The maximum atomic E-state index is 4.49. The predicted octanol–water partition coefficient (Wildman–Crippen LogP) is 1.57. The van der Waals surface area contributed by atoms with Crippen molar-refractivity contribution >= 4 is 11.6 Å². The summed E-state index contributed by atoms with van der Waals surface area (Å²) in [5.41, 5.74) is 2.44. The smallest absolute Gasteiger partial charge is 0.151 e. The van der Waals surface area contributed by atoms with Gasteiger partial charge in [-0.2, -0.15) is 0 Å². The van der Waals surface area contributed by atoms with E-state index in [1.54, 1.807) is 0 Å². The monoisotopic (exact) mass is 312 g/mol. The van der Waals surface area contributed by atoms with Crippen molar-refractivity contribution in [2.24, 2.45) is 0 Å². The normalized spacial score (nSPS) is 15.7. The molecule has 2 aromatic heterocycles. The summed E-state index contributed by atoms with van der Waals surface area (Å²) < 4.78 is 0. The van der Waals surface area contributed by atoms with Gasteiger partial charge in [-0.05, 0) is 30.7 Å². The largest absolute Gasteiger partial charge is 0.361 e. The van der Waals surface area contributed by atoms with Crippen LogP contribution in [0.15, 0.2) is 30.5 Å². The van der Waals surface area contributed by atoms with Crippen LogP contribution in [0.1, 0.15) is 11.3 Å². The Balaban J connectivity index is 1.57. The molecule has 0 N–H and O–H groups in total. The average Bonchev–Trinajstić information content (AvgIpc) is 2.58. The van der Waals surface area contributed by atoms with E-state index < -0.39 is 0 Å². The molecule has 1 aliphatic rings. The number of anilines is 2. The van der Waals surface area contributed by atoms with Crippen LogP contribution in [0, 0.1) is 6.92 Å². The predicted molar refractivity (Wildman–Crippen MR) is 92.8 cm³/mol. The summed E-state index contributed by atoms with van der Waals surface area (Å²) in [5, 5.41) is 8.61. The van der Waals surface area contributed by atoms with Gasteiger partial charge in [0.15, 0.2) is 11.6 Å². The lowest BCUT2D eigenvalue weighted by molar-refractivity contribution is 0.246. The minimum atomic E-state index is 0.887. The van der Waals surface area contributed by atoms with Crippen molar-refractivity contribution in [2.45, 2.75) is 13.5 Å². The van der Waals surface area contributed by atoms with Crippen molar-refractivity contribution in [1.29, 1.82) is 0 Å². The fourth-order valence-electron chi connectivity index (χ4n) is 2.76. The third kappa shape index (κ3) is 3.76. The molecular formula is C17H24N6. The molecule has 0 atom stereocenters. The van der Waals surface area contributed by atoms with E-state index in [1.807, 2.05) is 37.3 Å². The molecule has 0 radical (unpaired) electrons. The number of pyridine rings is 1. The van der Waals surface area contributed by atoms with Crippen LogP contribution in [-0.2, 0) is 6.54 Å². The Labute approximate surface area is 137 Å². The van der Waals surface area contributed by atoms with Gasteiger partial charge in [-0.15, -0.1) is 10.2 Å². The maximum absolute atomic E-state index is 4.49. The summed E-state index contributed by atoms with van der Waals surface area (Å²) >= 11 is 0. The molecule has 122 valence electrons. The minimum absolute atomic E-state index is 0.887. The Morgan fingerprint density at radius 1 is 1.04 bits per heavy atom. The molecular weight excluding hydrogens is 288 g/mol. The Morgan fingerprint density at radius 3 is 2.43 bits per heavy atom. The third-order valence-electron chi connectivity index (χ3n) is 4.28. The summed E-state index contributed by atoms with van der Waals surface area (Å²) in [4.78, 5) is 11.2. The molecule has 1 fully saturated rings. The van der Waals surface area contributed by atoms with E-state index in [1.165, 1.54) is 11.3 Å². The van der Waals surface area contributed by atoms with Crippen molar-refractivity contribution in [3.8, 4) is 0 Å². The molecule has 0 spiro atoms. The molecule has 0 aliphatic carbocycles. The van der Waals surface area contributed by atoms with E-state index in [0.29, 0.717) is 0 Å². The van der Waals surface area contributed by atoms with Crippen molar-refractivity contribution < 1.29 is 0 Å². The molecule has 23 heavy (non-hydrogen) atoms. The number of hydrogen-bond donors (Lipinski definition) is 0. The molecule has 3 rings (SSSR count). The topological polar surface area (TPSA) is 48.4 Å². The summed E-state index contributed by atoms with van der Waals surface area (Å²) in [6.45, 7) is 7.04. The molecule has 2 aromatic rings. The van der Waals surface area contributed by atoms with Gasteiger partial charge in [0.25, 0.3) is 0 Å². The lowest BCUT2D eigenvalue weighted by Gasteiger charge is -2.35. The van der Waals surface area contributed by atoms with Crippen molar-refractivity contribution in [2.75, 3.05) is 50.1 Å². The molecule has 1 saturated heterocycles. The fraction of sp³-hybridized carbons (Fsp3) is 0.471. The van der Waals surface area contributed by atoms with Crippen LogP contribution >= 0.6 is 0 Å². The first-order valence-electron chi connectivity index (χ1n) is 8.02. The van der Waals surface area contributed by atoms with Gasteiger partial charge in [0.2, 0.25) is 0 Å². The lowest BCUT2D eigenvalue weighted by Crippen LogP contribution is -2.46. The molecule has 6 heteroatoms. The van der Waals surface area contributed by atoms with Gasteiger partial charge in [0, 0.05) is 53.0 Å². The highest BCUT2D eigenvalue weighted by Gasteiger charge is 2.19. The molecule has 0 bridgehead atoms. The highest BCUT2D eigenvalue weighted by molar-refractivity contribution is 5.44. The molecule has 3 heterocycles. The van der Waals surface area contributed by atoms with Crippen molar-refractivity contribution in [3.05, 3.63) is 41.7 Å². The van der Waals surface area contributed by atoms with Crippen molar-refractivity contribution in [3.63, 3.8) is 0 Å². The highest BCUT2D eigenvalue weighted by Crippen LogP contribution is 2.16. The number of aromatic nitrogens is 3. The summed E-state index contributed by atoms with van der Waals surface area (Å²) in [5.74, 6) is 1.85. The summed E-state index contributed by atoms with van der Waals surface area (Å²) in [7, 11) is 3.95. The van der Waals surface area contributed by atoms with E-state index in [-0.39, 0.29) is 0 Å². The second-order valence-corrected chi connectivity index (χ2v) is 6.17. The standard InChI is InChI=1S/C17H24N6/c1-14-5-4-8-18-15(14)13-22-9-11-23(12-10-22)17-7-6-16(19-20-17)21(2)3/h4-8H,9-13H2,1-3H3. The Bertz CT molecular complexity index is 632. The van der Waals surface area contributed by atoms with Gasteiger partial charge >= 0.3 is 0 Å². The molecule has 0 saturated carbocycles. The molecule has 0 aromatic carbocycles. The number of piperazine rings is 1. The zero-order chi connectivity index (χ0) is 16.2. The maximum Gasteiger partial charge on any atom is 0.151 e. The van der Waals surface area contributed by atoms with Crippen LogP contribution in [0.25, 0.3) is 0 Å². The van der Waals surface area contributed by atoms with Gasteiger partial charge in [0.05, 0.1) is 5.69 Å². The lowest BCUT2D eigenvalue weighted by atomic mass is 10.2. The van der Waals surface area contributed by atoms with E-state index in [2.05, 4.69) is 44.0 Å². The van der Waals surface area contributed by atoms with E-state index >= 15 is 0 Å². The quantitative estimate of drug-likeness (QED) is 0.854. The Hall–Kier alpha value is -2.21. The van der Waals surface area contributed by atoms with E-state index in [9.17, 15) is 0 Å². The van der Waals surface area contributed by atoms with Crippen LogP contribution in [0.2, 0.25) is 0 Å². The van der Waals surface area contributed by atoms with Gasteiger partial charge < -0.3 is 9.80 Å². The van der Waals surface area contributed by atoms with Gasteiger partial charge in [-0.3, -0.25) is 9.88 Å². The Morgan fingerprint density at radius 2 is 1.83 bits per heavy atom. The first kappa shape index (κ1) is 15.7. The fourth-order valence-corrected chi connectivity index (χ4v) is 2.76. The first-order valence-corrected chi connectivity index (χ1v) is 8.02. The Kier molecular flexibility index (Phi) is 4.71.